The highest BCUT2D eigenvalue weighted by Gasteiger charge is 2.18. The molecule has 0 amide bonds. The van der Waals surface area contributed by atoms with Crippen LogP contribution in [0.2, 0.25) is 0 Å². The third-order valence-corrected chi connectivity index (χ3v) is 4.14. The molecule has 0 atom stereocenters. The van der Waals surface area contributed by atoms with Crippen LogP contribution in [0, 0.1) is 0 Å². The largest absolute Gasteiger partial charge is 0.505 e. The summed E-state index contributed by atoms with van der Waals surface area (Å²) in [4.78, 5) is 31.9. The van der Waals surface area contributed by atoms with Gasteiger partial charge in [0.1, 0.15) is 0 Å². The van der Waals surface area contributed by atoms with Crippen molar-refractivity contribution in [1.29, 1.82) is 0 Å². The van der Waals surface area contributed by atoms with Crippen molar-refractivity contribution in [2.24, 2.45) is 0 Å². The molecule has 0 aromatic heterocycles. The van der Waals surface area contributed by atoms with Gasteiger partial charge in [-0.25, -0.2) is 9.36 Å². The lowest BCUT2D eigenvalue weighted by Crippen LogP contribution is -2.03. The van der Waals surface area contributed by atoms with Crippen molar-refractivity contribution in [3.63, 3.8) is 0 Å². The Kier molecular flexibility index (Phi) is 16.3. The van der Waals surface area contributed by atoms with Gasteiger partial charge in [0, 0.05) is 6.42 Å². The zero-order valence-electron chi connectivity index (χ0n) is 15.5. The molecule has 0 aromatic carbocycles. The molecule has 0 rings (SSSR count). The SMILES string of the molecule is CCCCCCCC/C=C\CCCCCCCC(=O)OOP(=O)(O)O. The lowest BCUT2D eigenvalue weighted by Gasteiger charge is -2.03. The minimum atomic E-state index is -4.74. The average Bonchev–Trinajstić information content (AvgIpc) is 2.56. The van der Waals surface area contributed by atoms with Gasteiger partial charge in [0.15, 0.2) is 0 Å². The number of hydrogen-bond donors (Lipinski definition) is 2. The fraction of sp³-hybridized carbons (Fsp3) is 0.833. The molecule has 0 unspecified atom stereocenters. The van der Waals surface area contributed by atoms with Gasteiger partial charge in [-0.1, -0.05) is 75.1 Å². The Morgan fingerprint density at radius 2 is 1.32 bits per heavy atom. The Morgan fingerprint density at radius 3 is 1.84 bits per heavy atom. The Morgan fingerprint density at radius 1 is 0.840 bits per heavy atom. The standard InChI is InChI=1S/C18H35O6P/c1-2-3-4-5-6-7-8-9-10-11-12-13-14-15-16-17-18(19)23-24-25(20,21)22/h9-10H,2-8,11-17H2,1H3,(H2,20,21,22)/b10-9-. The third-order valence-electron chi connectivity index (χ3n) is 3.87. The van der Waals surface area contributed by atoms with Gasteiger partial charge in [0.25, 0.3) is 0 Å². The predicted molar refractivity (Wildman–Crippen MR) is 98.7 cm³/mol. The van der Waals surface area contributed by atoms with Gasteiger partial charge in [-0.15, -0.1) is 0 Å². The summed E-state index contributed by atoms with van der Waals surface area (Å²) < 4.78 is 14.0. The fourth-order valence-corrected chi connectivity index (χ4v) is 2.65. The molecule has 2 N–H and O–H groups in total. The van der Waals surface area contributed by atoms with Crippen LogP contribution in [0.25, 0.3) is 0 Å². The van der Waals surface area contributed by atoms with E-state index in [1.165, 1.54) is 44.9 Å². The minimum Gasteiger partial charge on any atom is -0.301 e. The lowest BCUT2D eigenvalue weighted by atomic mass is 10.1. The van der Waals surface area contributed by atoms with Gasteiger partial charge in [-0.2, -0.15) is 0 Å². The smallest absolute Gasteiger partial charge is 0.301 e. The van der Waals surface area contributed by atoms with Crippen molar-refractivity contribution >= 4 is 13.8 Å². The zero-order valence-corrected chi connectivity index (χ0v) is 16.4. The van der Waals surface area contributed by atoms with E-state index < -0.39 is 13.8 Å². The van der Waals surface area contributed by atoms with Crippen LogP contribution >= 0.6 is 7.82 Å². The minimum absolute atomic E-state index is 0.109. The van der Waals surface area contributed by atoms with E-state index in [0.717, 1.165) is 32.1 Å². The van der Waals surface area contributed by atoms with Crippen molar-refractivity contribution < 1.29 is 28.7 Å². The summed E-state index contributed by atoms with van der Waals surface area (Å²) in [6.45, 7) is 2.24. The van der Waals surface area contributed by atoms with Gasteiger partial charge in [-0.3, -0.25) is 4.89 Å². The highest BCUT2D eigenvalue weighted by Crippen LogP contribution is 2.36. The second kappa shape index (κ2) is 16.8. The molecule has 0 aromatic rings. The summed E-state index contributed by atoms with van der Waals surface area (Å²) in [5, 5.41) is 0. The van der Waals surface area contributed by atoms with Crippen LogP contribution in [0.4, 0.5) is 0 Å². The molecule has 0 saturated carbocycles. The van der Waals surface area contributed by atoms with Crippen molar-refractivity contribution in [3.05, 3.63) is 12.2 Å². The van der Waals surface area contributed by atoms with E-state index in [4.69, 9.17) is 9.79 Å². The van der Waals surface area contributed by atoms with E-state index in [2.05, 4.69) is 28.6 Å². The van der Waals surface area contributed by atoms with Crippen LogP contribution in [-0.2, 0) is 18.9 Å². The molecule has 148 valence electrons. The highest BCUT2D eigenvalue weighted by atomic mass is 31.2. The summed E-state index contributed by atoms with van der Waals surface area (Å²) in [5.41, 5.74) is 0. The molecule has 0 aliphatic rings. The quantitative estimate of drug-likeness (QED) is 0.113. The second-order valence-corrected chi connectivity index (χ2v) is 7.48. The lowest BCUT2D eigenvalue weighted by molar-refractivity contribution is -0.222. The Hall–Kier alpha value is -0.680. The molecule has 0 aliphatic carbocycles. The first-order valence-corrected chi connectivity index (χ1v) is 11.1. The number of carbonyl (C=O) groups excluding carboxylic acids is 1. The molecule has 0 radical (unpaired) electrons. The normalized spacial score (nSPS) is 12.0. The zero-order chi connectivity index (χ0) is 18.8. The molecule has 0 bridgehead atoms. The molecular formula is C18H35O6P. The first-order valence-electron chi connectivity index (χ1n) is 9.55. The number of allylic oxidation sites excluding steroid dienone is 2. The molecule has 0 fully saturated rings. The monoisotopic (exact) mass is 378 g/mol. The molecular weight excluding hydrogens is 343 g/mol. The highest BCUT2D eigenvalue weighted by molar-refractivity contribution is 7.46. The van der Waals surface area contributed by atoms with Crippen molar-refractivity contribution in [3.8, 4) is 0 Å². The fourth-order valence-electron chi connectivity index (χ4n) is 2.47. The summed E-state index contributed by atoms with van der Waals surface area (Å²) in [5.74, 6) is -0.749. The summed E-state index contributed by atoms with van der Waals surface area (Å²) in [6, 6.07) is 0. The van der Waals surface area contributed by atoms with E-state index in [0.29, 0.717) is 6.42 Å². The van der Waals surface area contributed by atoms with Crippen LogP contribution in [0.1, 0.15) is 96.8 Å². The maximum atomic E-state index is 11.1. The topological polar surface area (TPSA) is 93.1 Å². The number of rotatable bonds is 17. The van der Waals surface area contributed by atoms with Gasteiger partial charge in [0.05, 0.1) is 0 Å². The van der Waals surface area contributed by atoms with Crippen LogP contribution in [-0.4, -0.2) is 15.8 Å². The summed E-state index contributed by atoms with van der Waals surface area (Å²) >= 11 is 0. The van der Waals surface area contributed by atoms with Crippen LogP contribution in [0.15, 0.2) is 12.2 Å². The number of unbranched alkanes of at least 4 members (excludes halogenated alkanes) is 11. The van der Waals surface area contributed by atoms with Gasteiger partial charge >= 0.3 is 13.8 Å². The second-order valence-electron chi connectivity index (χ2n) is 6.35. The predicted octanol–water partition coefficient (Wildman–Crippen LogP) is 5.59. The third kappa shape index (κ3) is 21.3. The van der Waals surface area contributed by atoms with Crippen molar-refractivity contribution in [1.82, 2.24) is 0 Å². The molecule has 25 heavy (non-hydrogen) atoms. The molecule has 0 aliphatic heterocycles. The van der Waals surface area contributed by atoms with Gasteiger partial charge < -0.3 is 9.79 Å². The number of carbonyl (C=O) groups is 1. The van der Waals surface area contributed by atoms with Crippen molar-refractivity contribution in [2.75, 3.05) is 0 Å². The van der Waals surface area contributed by atoms with Gasteiger partial charge in [-0.05, 0) is 32.1 Å². The Balaban J connectivity index is 3.26. The van der Waals surface area contributed by atoms with Gasteiger partial charge in [0.2, 0.25) is 0 Å². The Bertz CT molecular complexity index is 391. The summed E-state index contributed by atoms with van der Waals surface area (Å²) in [7, 11) is -4.74. The van der Waals surface area contributed by atoms with E-state index in [1.54, 1.807) is 0 Å². The van der Waals surface area contributed by atoms with E-state index in [-0.39, 0.29) is 6.42 Å². The maximum Gasteiger partial charge on any atom is 0.505 e. The molecule has 6 nitrogen and oxygen atoms in total. The Labute approximate surface area is 152 Å². The first-order chi connectivity index (χ1) is 12.0. The van der Waals surface area contributed by atoms with Crippen molar-refractivity contribution in [2.45, 2.75) is 96.8 Å². The number of phosphoric acid groups is 1. The van der Waals surface area contributed by atoms with E-state index >= 15 is 0 Å². The van der Waals surface area contributed by atoms with Crippen LogP contribution in [0.5, 0.6) is 0 Å². The molecule has 0 saturated heterocycles. The molecule has 7 heteroatoms. The van der Waals surface area contributed by atoms with Crippen LogP contribution < -0.4 is 0 Å². The van der Waals surface area contributed by atoms with E-state index in [1.807, 2.05) is 0 Å². The first kappa shape index (κ1) is 24.3. The molecule has 0 heterocycles. The summed E-state index contributed by atoms with van der Waals surface area (Å²) in [6.07, 6.45) is 19.8. The average molecular weight is 378 g/mol. The number of hydrogen-bond acceptors (Lipinski definition) is 4. The van der Waals surface area contributed by atoms with Crippen LogP contribution in [0.3, 0.4) is 0 Å². The maximum absolute atomic E-state index is 11.1. The van der Waals surface area contributed by atoms with E-state index in [9.17, 15) is 9.36 Å². The molecule has 0 spiro atoms.